The SMILES string of the molecule is C=CC=C1/C(=C\C=C)C2(c3ccccc3Oc3ccccc32)c2ccccc21. The van der Waals surface area contributed by atoms with E-state index in [-0.39, 0.29) is 0 Å². The van der Waals surface area contributed by atoms with E-state index >= 15 is 0 Å². The van der Waals surface area contributed by atoms with Crippen LogP contribution in [-0.4, -0.2) is 0 Å². The number of ether oxygens (including phenoxy) is 1. The van der Waals surface area contributed by atoms with Gasteiger partial charge in [0.15, 0.2) is 0 Å². The fourth-order valence-electron chi connectivity index (χ4n) is 4.74. The zero-order valence-electron chi connectivity index (χ0n) is 15.6. The van der Waals surface area contributed by atoms with Crippen molar-refractivity contribution in [1.29, 1.82) is 0 Å². The van der Waals surface area contributed by atoms with Gasteiger partial charge in [0, 0.05) is 11.1 Å². The molecule has 1 aliphatic heterocycles. The van der Waals surface area contributed by atoms with Gasteiger partial charge in [0.25, 0.3) is 0 Å². The Hall–Kier alpha value is -3.58. The molecule has 1 heterocycles. The third kappa shape index (κ3) is 2.02. The van der Waals surface area contributed by atoms with Crippen molar-refractivity contribution < 1.29 is 4.74 Å². The number of benzene rings is 3. The van der Waals surface area contributed by atoms with Crippen LogP contribution in [0, 0.1) is 0 Å². The molecule has 0 aromatic heterocycles. The summed E-state index contributed by atoms with van der Waals surface area (Å²) >= 11 is 0. The molecule has 0 saturated heterocycles. The standard InChI is InChI=1S/C27H20O/c1-3-11-19-20-13-5-6-14-22(20)27(21(19)12-4-2)23-15-7-9-17-25(23)28-26-18-10-8-16-24(26)27/h3-18H,1-2H2/b19-11?,21-12+. The van der Waals surface area contributed by atoms with Crippen molar-refractivity contribution >= 4 is 5.57 Å². The largest absolute Gasteiger partial charge is 0.457 e. The zero-order chi connectivity index (χ0) is 19.1. The second kappa shape index (κ2) is 6.24. The summed E-state index contributed by atoms with van der Waals surface area (Å²) in [4.78, 5) is 0. The second-order valence-electron chi connectivity index (χ2n) is 7.02. The van der Waals surface area contributed by atoms with Gasteiger partial charge in [0.05, 0.1) is 5.41 Å². The van der Waals surface area contributed by atoms with Crippen LogP contribution in [0.2, 0.25) is 0 Å². The van der Waals surface area contributed by atoms with E-state index in [0.29, 0.717) is 0 Å². The Kier molecular flexibility index (Phi) is 3.70. The van der Waals surface area contributed by atoms with Gasteiger partial charge in [0.1, 0.15) is 11.5 Å². The number of hydrogen-bond acceptors (Lipinski definition) is 1. The molecule has 1 spiro atoms. The molecular weight excluding hydrogens is 340 g/mol. The lowest BCUT2D eigenvalue weighted by Crippen LogP contribution is -2.32. The van der Waals surface area contributed by atoms with Gasteiger partial charge in [-0.25, -0.2) is 0 Å². The van der Waals surface area contributed by atoms with Crippen molar-refractivity contribution in [3.63, 3.8) is 0 Å². The fourth-order valence-corrected chi connectivity index (χ4v) is 4.74. The van der Waals surface area contributed by atoms with Crippen LogP contribution < -0.4 is 4.74 Å². The predicted octanol–water partition coefficient (Wildman–Crippen LogP) is 6.82. The maximum Gasteiger partial charge on any atom is 0.132 e. The third-order valence-corrected chi connectivity index (χ3v) is 5.69. The van der Waals surface area contributed by atoms with Crippen molar-refractivity contribution in [1.82, 2.24) is 0 Å². The van der Waals surface area contributed by atoms with Crippen molar-refractivity contribution in [2.24, 2.45) is 0 Å². The van der Waals surface area contributed by atoms with Gasteiger partial charge in [-0.2, -0.15) is 0 Å². The molecular formula is C27H20O. The fraction of sp³-hybridized carbons (Fsp3) is 0.0370. The monoisotopic (exact) mass is 360 g/mol. The van der Waals surface area contributed by atoms with E-state index < -0.39 is 5.41 Å². The van der Waals surface area contributed by atoms with Crippen molar-refractivity contribution in [3.05, 3.63) is 138 Å². The van der Waals surface area contributed by atoms with Gasteiger partial charge in [-0.1, -0.05) is 98.1 Å². The Morgan fingerprint density at radius 2 is 1.18 bits per heavy atom. The average Bonchev–Trinajstić information content (AvgIpc) is 3.00. The van der Waals surface area contributed by atoms with E-state index in [1.807, 2.05) is 24.3 Å². The zero-order valence-corrected chi connectivity index (χ0v) is 15.6. The Bertz CT molecular complexity index is 1130. The first-order valence-electron chi connectivity index (χ1n) is 9.45. The lowest BCUT2D eigenvalue weighted by atomic mass is 9.66. The first-order chi connectivity index (χ1) is 13.8. The maximum absolute atomic E-state index is 6.31. The molecule has 1 aliphatic carbocycles. The van der Waals surface area contributed by atoms with Gasteiger partial charge >= 0.3 is 0 Å². The second-order valence-corrected chi connectivity index (χ2v) is 7.02. The average molecular weight is 360 g/mol. The minimum atomic E-state index is -0.439. The van der Waals surface area contributed by atoms with Crippen molar-refractivity contribution in [3.8, 4) is 11.5 Å². The highest BCUT2D eigenvalue weighted by molar-refractivity contribution is 5.96. The smallest absolute Gasteiger partial charge is 0.132 e. The van der Waals surface area contributed by atoms with E-state index in [0.717, 1.165) is 22.6 Å². The van der Waals surface area contributed by atoms with Crippen molar-refractivity contribution in [2.75, 3.05) is 0 Å². The highest BCUT2D eigenvalue weighted by Crippen LogP contribution is 2.62. The molecule has 0 fully saturated rings. The van der Waals surface area contributed by atoms with Crippen LogP contribution >= 0.6 is 0 Å². The summed E-state index contributed by atoms with van der Waals surface area (Å²) in [5, 5.41) is 0. The van der Waals surface area contributed by atoms with Crippen LogP contribution in [0.5, 0.6) is 11.5 Å². The van der Waals surface area contributed by atoms with Gasteiger partial charge < -0.3 is 4.74 Å². The molecule has 0 amide bonds. The lowest BCUT2D eigenvalue weighted by Gasteiger charge is -2.39. The van der Waals surface area contributed by atoms with Crippen molar-refractivity contribution in [2.45, 2.75) is 5.41 Å². The summed E-state index contributed by atoms with van der Waals surface area (Å²) in [5.41, 5.74) is 6.74. The number of rotatable bonds is 2. The van der Waals surface area contributed by atoms with Gasteiger partial charge in [-0.15, -0.1) is 0 Å². The van der Waals surface area contributed by atoms with Gasteiger partial charge in [0.2, 0.25) is 0 Å². The van der Waals surface area contributed by atoms with E-state index in [1.165, 1.54) is 22.3 Å². The summed E-state index contributed by atoms with van der Waals surface area (Å²) in [6, 6.07) is 25.3. The van der Waals surface area contributed by atoms with E-state index in [4.69, 9.17) is 4.74 Å². The Balaban J connectivity index is 2.01. The molecule has 0 atom stereocenters. The quantitative estimate of drug-likeness (QED) is 0.487. The molecule has 3 aromatic carbocycles. The van der Waals surface area contributed by atoms with Crippen LogP contribution in [0.1, 0.15) is 22.3 Å². The van der Waals surface area contributed by atoms with Crippen LogP contribution in [-0.2, 0) is 5.41 Å². The molecule has 1 nitrogen and oxygen atoms in total. The number of allylic oxidation sites excluding steroid dienone is 6. The Morgan fingerprint density at radius 3 is 1.79 bits per heavy atom. The summed E-state index contributed by atoms with van der Waals surface area (Å²) in [7, 11) is 0. The minimum absolute atomic E-state index is 0.439. The predicted molar refractivity (Wildman–Crippen MR) is 116 cm³/mol. The van der Waals surface area contributed by atoms with E-state index in [9.17, 15) is 0 Å². The summed E-state index contributed by atoms with van der Waals surface area (Å²) < 4.78 is 6.31. The number of para-hydroxylation sites is 2. The molecule has 5 rings (SSSR count). The maximum atomic E-state index is 6.31. The van der Waals surface area contributed by atoms with Crippen LogP contribution in [0.25, 0.3) is 5.57 Å². The molecule has 2 aliphatic rings. The summed E-state index contributed by atoms with van der Waals surface area (Å²) in [6.07, 6.45) is 7.97. The highest BCUT2D eigenvalue weighted by Gasteiger charge is 2.52. The molecule has 0 bridgehead atoms. The molecule has 134 valence electrons. The topological polar surface area (TPSA) is 9.23 Å². The summed E-state index contributed by atoms with van der Waals surface area (Å²) in [6.45, 7) is 7.97. The molecule has 3 aromatic rings. The Labute approximate surface area is 165 Å². The molecule has 1 heteroatoms. The first-order valence-corrected chi connectivity index (χ1v) is 9.45. The highest BCUT2D eigenvalue weighted by atomic mass is 16.5. The van der Waals surface area contributed by atoms with Crippen LogP contribution in [0.4, 0.5) is 0 Å². The normalized spacial score (nSPS) is 18.3. The lowest BCUT2D eigenvalue weighted by molar-refractivity contribution is 0.436. The molecule has 0 N–H and O–H groups in total. The van der Waals surface area contributed by atoms with E-state index in [1.54, 1.807) is 0 Å². The third-order valence-electron chi connectivity index (χ3n) is 5.69. The molecule has 0 radical (unpaired) electrons. The first kappa shape index (κ1) is 16.6. The molecule has 28 heavy (non-hydrogen) atoms. The molecule has 0 unspecified atom stereocenters. The van der Waals surface area contributed by atoms with Gasteiger partial charge in [-0.3, -0.25) is 0 Å². The number of fused-ring (bicyclic) bond motifs is 6. The van der Waals surface area contributed by atoms with Crippen LogP contribution in [0.3, 0.4) is 0 Å². The minimum Gasteiger partial charge on any atom is -0.457 e. The number of hydrogen-bond donors (Lipinski definition) is 0. The van der Waals surface area contributed by atoms with E-state index in [2.05, 4.69) is 86.0 Å². The van der Waals surface area contributed by atoms with Gasteiger partial charge in [-0.05, 0) is 34.4 Å². The Morgan fingerprint density at radius 1 is 0.643 bits per heavy atom. The summed E-state index contributed by atoms with van der Waals surface area (Å²) in [5.74, 6) is 1.79. The molecule has 0 saturated carbocycles. The van der Waals surface area contributed by atoms with Crippen LogP contribution in [0.15, 0.2) is 116 Å².